The van der Waals surface area contributed by atoms with Crippen molar-refractivity contribution in [2.75, 3.05) is 14.2 Å². The highest BCUT2D eigenvalue weighted by Gasteiger charge is 2.39. The first-order chi connectivity index (χ1) is 42.6. The Labute approximate surface area is 513 Å². The highest BCUT2D eigenvalue weighted by Crippen LogP contribution is 2.55. The number of carbonyl (C=O) groups is 1. The van der Waals surface area contributed by atoms with Crippen LogP contribution in [0, 0.1) is 13.8 Å². The number of halogens is 1. The minimum absolute atomic E-state index is 0.0717. The van der Waals surface area contributed by atoms with Gasteiger partial charge in [0.15, 0.2) is 0 Å². The second-order valence-corrected chi connectivity index (χ2v) is 25.3. The number of rotatable bonds is 5. The Kier molecular flexibility index (Phi) is 12.1. The first-order valence-electron chi connectivity index (χ1n) is 30.6. The Bertz CT molecular complexity index is 5400. The number of ether oxygens (including phenoxy) is 2. The van der Waals surface area contributed by atoms with Gasteiger partial charge in [0, 0.05) is 39.4 Å². The molecule has 0 saturated heterocycles. The Morgan fingerprint density at radius 3 is 1.53 bits per heavy atom. The van der Waals surface area contributed by atoms with E-state index in [4.69, 9.17) is 22.4 Å². The number of benzene rings is 12. The summed E-state index contributed by atoms with van der Waals surface area (Å²) in [6.45, 7) is 15.2. The number of hydrogen-bond donors (Lipinski definition) is 0. The third-order valence-electron chi connectivity index (χ3n) is 18.8. The van der Waals surface area contributed by atoms with Crippen molar-refractivity contribution in [3.8, 4) is 61.7 Å². The molecular formula is C81H65ClN2O3. The molecule has 5 nitrogen and oxygen atoms in total. The maximum Gasteiger partial charge on any atom is 0.128 e. The number of hydrogen-bond acceptors (Lipinski definition) is 3. The Hall–Kier alpha value is -9.68. The van der Waals surface area contributed by atoms with Gasteiger partial charge in [-0.25, -0.2) is 0 Å². The van der Waals surface area contributed by atoms with Gasteiger partial charge in [0.1, 0.15) is 17.3 Å². The van der Waals surface area contributed by atoms with Crippen molar-refractivity contribution in [1.29, 1.82) is 0 Å². The van der Waals surface area contributed by atoms with Crippen molar-refractivity contribution < 1.29 is 15.6 Å². The summed E-state index contributed by atoms with van der Waals surface area (Å²) in [4.78, 5) is 9.62. The van der Waals surface area contributed by atoms with Gasteiger partial charge in [-0.1, -0.05) is 190 Å². The third kappa shape index (κ3) is 8.16. The zero-order chi connectivity index (χ0) is 60.7. The standard InChI is InChI=1S/C39H30ClNO.C39H29NO.C3H6O/c1-23-10-15-28-29-16-12-25-11-14-27(22-30(25)37(29)39(2,3)32(28)20-23)41-34-18-13-26(24-8-6-5-7-9-24)21-31(34)36-35(42-4)19-17-33(40)38(36)41;1-22-10-13-26-27-14-11-25-20-30-28-15-17-35(41-4)36-31-19-24(23-8-6-5-7-9-23)12-16-33(31)40(38(28)36)34(30)21-29(25)37(27)39(2,3)32(26)18-22;1-3(2)4/h5-22H,1-4H3;5-21H,1-4H3;1-2H3/i;;1D. The van der Waals surface area contributed by atoms with E-state index >= 15 is 0 Å². The van der Waals surface area contributed by atoms with Crippen LogP contribution in [-0.4, -0.2) is 29.0 Å². The lowest BCUT2D eigenvalue weighted by Crippen LogP contribution is -2.15. The lowest BCUT2D eigenvalue weighted by atomic mass is 9.80. The lowest BCUT2D eigenvalue weighted by Gasteiger charge is -2.24. The van der Waals surface area contributed by atoms with Gasteiger partial charge in [0.25, 0.3) is 0 Å². The summed E-state index contributed by atoms with van der Waals surface area (Å²) in [5.41, 5.74) is 25.1. The van der Waals surface area contributed by atoms with E-state index in [9.17, 15) is 4.79 Å². The molecule has 2 aliphatic carbocycles. The summed E-state index contributed by atoms with van der Waals surface area (Å²) in [6, 6.07) is 77.7. The first kappa shape index (κ1) is 52.8. The number of carbonyl (C=O) groups excluding carboxylic acids is 1. The van der Waals surface area contributed by atoms with Gasteiger partial charge in [-0.15, -0.1) is 0 Å². The third-order valence-corrected chi connectivity index (χ3v) is 19.1. The van der Waals surface area contributed by atoms with Gasteiger partial charge in [-0.05, 0) is 189 Å². The highest BCUT2D eigenvalue weighted by atomic mass is 35.5. The number of Topliss-reactive ketones (excluding diaryl/α,β-unsaturated/α-hetero) is 1. The second kappa shape index (κ2) is 19.9. The van der Waals surface area contributed by atoms with E-state index in [0.717, 1.165) is 44.6 Å². The minimum atomic E-state index is -0.110. The van der Waals surface area contributed by atoms with Crippen LogP contribution in [0.5, 0.6) is 11.5 Å². The molecule has 6 heteroatoms. The SMILES string of the molecule is COc1ccc(Cl)c2c1c1cc(-c3ccccc3)ccc1n2-c1ccc2ccc3c(c2c1)C(C)(C)c1cc(C)ccc1-3.COc1ccc2c3cc4ccc5c(c4cc3n3c4ccc(-c6ccccc6)cc4c1c23)C(C)(C)c1cc(C)ccc1-5.[2H]CC(C)=O. The van der Waals surface area contributed by atoms with Gasteiger partial charge in [-0.2, -0.15) is 0 Å². The summed E-state index contributed by atoms with van der Waals surface area (Å²) < 4.78 is 23.0. The number of ketones is 1. The molecule has 424 valence electrons. The van der Waals surface area contributed by atoms with Crippen molar-refractivity contribution in [3.05, 3.63) is 251 Å². The van der Waals surface area contributed by atoms with Gasteiger partial charge in [-0.3, -0.25) is 0 Å². The number of fused-ring (bicyclic) bond motifs is 19. The number of aryl methyl sites for hydroxylation is 2. The largest absolute Gasteiger partial charge is 0.496 e. The van der Waals surface area contributed by atoms with E-state index in [-0.39, 0.29) is 23.5 Å². The van der Waals surface area contributed by atoms with Crippen molar-refractivity contribution in [1.82, 2.24) is 8.97 Å². The molecule has 0 amide bonds. The monoisotopic (exact) mass is 1150 g/mol. The molecule has 12 aromatic carbocycles. The zero-order valence-corrected chi connectivity index (χ0v) is 51.2. The smallest absolute Gasteiger partial charge is 0.128 e. The summed E-state index contributed by atoms with van der Waals surface area (Å²) in [7, 11) is 3.51. The summed E-state index contributed by atoms with van der Waals surface area (Å²) >= 11 is 7.03. The molecule has 3 heterocycles. The molecule has 17 rings (SSSR count). The Balaban J connectivity index is 0.000000137. The van der Waals surface area contributed by atoms with Crippen LogP contribution in [0.25, 0.3) is 132 Å². The molecule has 0 aliphatic heterocycles. The molecule has 3 aromatic heterocycles. The summed E-state index contributed by atoms with van der Waals surface area (Å²) in [5.74, 6) is 1.66. The molecule has 0 fully saturated rings. The van der Waals surface area contributed by atoms with Crippen LogP contribution in [-0.2, 0) is 15.6 Å². The zero-order valence-electron chi connectivity index (χ0n) is 51.4. The van der Waals surface area contributed by atoms with Crippen LogP contribution in [0.1, 0.15) is 76.3 Å². The van der Waals surface area contributed by atoms with Crippen molar-refractivity contribution in [2.45, 2.75) is 66.2 Å². The maximum absolute atomic E-state index is 9.62. The lowest BCUT2D eigenvalue weighted by molar-refractivity contribution is -0.115. The van der Waals surface area contributed by atoms with Crippen LogP contribution in [0.2, 0.25) is 5.02 Å². The van der Waals surface area contributed by atoms with E-state index in [2.05, 4.69) is 245 Å². The van der Waals surface area contributed by atoms with Gasteiger partial charge in [0.2, 0.25) is 0 Å². The fourth-order valence-electron chi connectivity index (χ4n) is 15.0. The van der Waals surface area contributed by atoms with Gasteiger partial charge < -0.3 is 23.2 Å². The average molecular weight is 1150 g/mol. The van der Waals surface area contributed by atoms with Crippen molar-refractivity contribution >= 4 is 98.8 Å². The predicted octanol–water partition coefficient (Wildman–Crippen LogP) is 21.8. The molecule has 0 N–H and O–H groups in total. The first-order valence-corrected chi connectivity index (χ1v) is 30.2. The quantitative estimate of drug-likeness (QED) is 0.173. The fraction of sp³-hybridized carbons (Fsp3) is 0.148. The normalized spacial score (nSPS) is 13.6. The second-order valence-electron chi connectivity index (χ2n) is 24.9. The molecule has 2 aliphatic rings. The fourth-order valence-corrected chi connectivity index (χ4v) is 15.2. The molecule has 0 radical (unpaired) electrons. The van der Waals surface area contributed by atoms with E-state index in [0.29, 0.717) is 5.02 Å². The van der Waals surface area contributed by atoms with Crippen molar-refractivity contribution in [3.63, 3.8) is 0 Å². The Morgan fingerprint density at radius 2 is 0.954 bits per heavy atom. The maximum atomic E-state index is 9.62. The van der Waals surface area contributed by atoms with E-state index in [1.165, 1.54) is 139 Å². The highest BCUT2D eigenvalue weighted by molar-refractivity contribution is 6.37. The minimum Gasteiger partial charge on any atom is -0.496 e. The molecule has 0 atom stereocenters. The summed E-state index contributed by atoms with van der Waals surface area (Å²) in [5, 5.41) is 13.0. The Morgan fingerprint density at radius 1 is 0.448 bits per heavy atom. The van der Waals surface area contributed by atoms with Crippen LogP contribution in [0.4, 0.5) is 0 Å². The van der Waals surface area contributed by atoms with Crippen LogP contribution >= 0.6 is 11.6 Å². The topological polar surface area (TPSA) is 44.9 Å². The van der Waals surface area contributed by atoms with E-state index in [1.54, 1.807) is 14.2 Å². The summed E-state index contributed by atoms with van der Waals surface area (Å²) in [6.07, 6.45) is 0. The predicted molar refractivity (Wildman–Crippen MR) is 367 cm³/mol. The van der Waals surface area contributed by atoms with Crippen LogP contribution < -0.4 is 9.47 Å². The molecule has 0 saturated carbocycles. The molecule has 0 bridgehead atoms. The molecule has 0 spiro atoms. The van der Waals surface area contributed by atoms with Crippen LogP contribution in [0.3, 0.4) is 0 Å². The van der Waals surface area contributed by atoms with E-state index in [1.807, 2.05) is 18.2 Å². The van der Waals surface area contributed by atoms with Crippen molar-refractivity contribution in [2.24, 2.45) is 0 Å². The molecule has 0 unspecified atom stereocenters. The van der Waals surface area contributed by atoms with Crippen LogP contribution in [0.15, 0.2) is 212 Å². The van der Waals surface area contributed by atoms with Gasteiger partial charge >= 0.3 is 0 Å². The average Bonchev–Trinajstić information content (AvgIpc) is 1.55. The van der Waals surface area contributed by atoms with Gasteiger partial charge in [0.05, 0.1) is 57.6 Å². The van der Waals surface area contributed by atoms with E-state index < -0.39 is 0 Å². The molecule has 87 heavy (non-hydrogen) atoms. The number of nitrogens with zero attached hydrogens (tertiary/aromatic N) is 2. The molecule has 15 aromatic rings. The number of aromatic nitrogens is 2. The molecular weight excluding hydrogens is 1080 g/mol. The number of methoxy groups -OCH3 is 2.